The van der Waals surface area contributed by atoms with Crippen LogP contribution in [0.5, 0.6) is 0 Å². The molecule has 0 saturated carbocycles. The molecule has 0 fully saturated rings. The van der Waals surface area contributed by atoms with Gasteiger partial charge in [-0.05, 0) is 61.7 Å². The van der Waals surface area contributed by atoms with Gasteiger partial charge >= 0.3 is 0 Å². The van der Waals surface area contributed by atoms with Gasteiger partial charge in [0.05, 0.1) is 5.41 Å². The molecule has 1 heteroatoms. The summed E-state index contributed by atoms with van der Waals surface area (Å²) in [7, 11) is 0. The predicted molar refractivity (Wildman–Crippen MR) is 144 cm³/mol. The van der Waals surface area contributed by atoms with E-state index >= 15 is 0 Å². The smallest absolute Gasteiger partial charge is 0.0725 e. The summed E-state index contributed by atoms with van der Waals surface area (Å²) in [6.07, 6.45) is 0. The first kappa shape index (κ1) is 19.5. The minimum absolute atomic E-state index is 0. The highest BCUT2D eigenvalue weighted by Gasteiger charge is 2.51. The molecule has 0 nitrogen and oxygen atoms in total. The summed E-state index contributed by atoms with van der Waals surface area (Å²) in [6.45, 7) is 0. The van der Waals surface area contributed by atoms with Crippen LogP contribution in [0.1, 0.15) is 22.3 Å². The van der Waals surface area contributed by atoms with Crippen molar-refractivity contribution in [3.63, 3.8) is 0 Å². The Morgan fingerprint density at radius 1 is 0.344 bits per heavy atom. The van der Waals surface area contributed by atoms with Gasteiger partial charge in [0, 0.05) is 0 Å². The lowest BCUT2D eigenvalue weighted by atomic mass is 9.70. The van der Waals surface area contributed by atoms with Crippen molar-refractivity contribution >= 4 is 24.0 Å². The molecule has 0 amide bonds. The zero-order valence-electron chi connectivity index (χ0n) is 17.5. The minimum Gasteiger partial charge on any atom is -0.107 e. The van der Waals surface area contributed by atoms with Crippen LogP contribution in [0.2, 0.25) is 0 Å². The molecule has 0 aromatic heterocycles. The lowest BCUT2D eigenvalue weighted by Crippen LogP contribution is -2.25. The minimum atomic E-state index is -0.242. The van der Waals surface area contributed by atoms with Gasteiger partial charge in [0.1, 0.15) is 0 Å². The number of benzene rings is 5. The van der Waals surface area contributed by atoms with Crippen LogP contribution in [0.3, 0.4) is 0 Å². The lowest BCUT2D eigenvalue weighted by molar-refractivity contribution is 0.794. The standard InChI is InChI=1S/C31H20.HI/c1-2-10-21(11-3-1)22-18-19-30-26(20-22)25-14-6-9-17-29(25)31(30)27-15-7-4-12-23(27)24-13-5-8-16-28(24)31;/h1-20H;1H. The van der Waals surface area contributed by atoms with Crippen molar-refractivity contribution in [2.24, 2.45) is 0 Å². The van der Waals surface area contributed by atoms with E-state index in [9.17, 15) is 0 Å². The average molecular weight is 520 g/mol. The zero-order valence-corrected chi connectivity index (χ0v) is 19.8. The monoisotopic (exact) mass is 520 g/mol. The van der Waals surface area contributed by atoms with Crippen molar-refractivity contribution in [1.82, 2.24) is 0 Å². The van der Waals surface area contributed by atoms with E-state index in [1.54, 1.807) is 0 Å². The average Bonchev–Trinajstić information content (AvgIpc) is 3.32. The van der Waals surface area contributed by atoms with E-state index in [4.69, 9.17) is 0 Å². The maximum Gasteiger partial charge on any atom is 0.0725 e. The molecule has 152 valence electrons. The van der Waals surface area contributed by atoms with Crippen LogP contribution in [-0.4, -0.2) is 0 Å². The molecule has 0 heterocycles. The zero-order chi connectivity index (χ0) is 20.4. The SMILES string of the molecule is I.c1ccc(-c2ccc3c(c2)-c2ccccc2C32c3ccccc3-c3ccccc32)cc1. The van der Waals surface area contributed by atoms with E-state index in [-0.39, 0.29) is 29.4 Å². The van der Waals surface area contributed by atoms with E-state index in [1.165, 1.54) is 55.6 Å². The van der Waals surface area contributed by atoms with Crippen molar-refractivity contribution in [1.29, 1.82) is 0 Å². The Morgan fingerprint density at radius 3 is 1.34 bits per heavy atom. The van der Waals surface area contributed by atoms with Crippen LogP contribution in [0.4, 0.5) is 0 Å². The van der Waals surface area contributed by atoms with Crippen molar-refractivity contribution in [3.05, 3.63) is 144 Å². The molecule has 2 aliphatic carbocycles. The largest absolute Gasteiger partial charge is 0.107 e. The van der Waals surface area contributed by atoms with Crippen LogP contribution >= 0.6 is 24.0 Å². The molecular formula is C31H21I. The number of fused-ring (bicyclic) bond motifs is 10. The summed E-state index contributed by atoms with van der Waals surface area (Å²) in [4.78, 5) is 0. The summed E-state index contributed by atoms with van der Waals surface area (Å²) in [5.41, 5.74) is 13.3. The third-order valence-electron chi connectivity index (χ3n) is 7.10. The quantitative estimate of drug-likeness (QED) is 0.191. The first-order valence-corrected chi connectivity index (χ1v) is 10.9. The molecular weight excluding hydrogens is 499 g/mol. The second-order valence-corrected chi connectivity index (χ2v) is 8.51. The molecule has 0 unspecified atom stereocenters. The van der Waals surface area contributed by atoms with E-state index < -0.39 is 0 Å². The van der Waals surface area contributed by atoms with Crippen LogP contribution < -0.4 is 0 Å². The third kappa shape index (κ3) is 2.37. The fraction of sp³-hybridized carbons (Fsp3) is 0.0323. The van der Waals surface area contributed by atoms with Gasteiger partial charge in [-0.1, -0.05) is 115 Å². The summed E-state index contributed by atoms with van der Waals surface area (Å²) in [5, 5.41) is 0. The maximum absolute atomic E-state index is 2.39. The summed E-state index contributed by atoms with van der Waals surface area (Å²) >= 11 is 0. The lowest BCUT2D eigenvalue weighted by Gasteiger charge is -2.30. The van der Waals surface area contributed by atoms with E-state index in [1.807, 2.05) is 0 Å². The second-order valence-electron chi connectivity index (χ2n) is 8.51. The fourth-order valence-corrected chi connectivity index (χ4v) is 5.91. The molecule has 5 aromatic carbocycles. The Hall–Kier alpha value is -3.17. The van der Waals surface area contributed by atoms with Crippen LogP contribution in [-0.2, 0) is 5.41 Å². The van der Waals surface area contributed by atoms with Gasteiger partial charge in [0.2, 0.25) is 0 Å². The molecule has 0 bridgehead atoms. The van der Waals surface area contributed by atoms with Crippen molar-refractivity contribution in [2.45, 2.75) is 5.41 Å². The highest BCUT2D eigenvalue weighted by Crippen LogP contribution is 2.62. The molecule has 0 atom stereocenters. The normalized spacial score (nSPS) is 13.6. The van der Waals surface area contributed by atoms with Crippen LogP contribution in [0.25, 0.3) is 33.4 Å². The Kier molecular flexibility index (Phi) is 4.38. The Morgan fingerprint density at radius 2 is 0.781 bits per heavy atom. The molecule has 7 rings (SSSR count). The molecule has 0 radical (unpaired) electrons. The summed E-state index contributed by atoms with van der Waals surface area (Å²) in [5.74, 6) is 0. The van der Waals surface area contributed by atoms with Gasteiger partial charge in [0.25, 0.3) is 0 Å². The molecule has 0 aliphatic heterocycles. The molecule has 32 heavy (non-hydrogen) atoms. The van der Waals surface area contributed by atoms with Gasteiger partial charge in [-0.3, -0.25) is 0 Å². The van der Waals surface area contributed by atoms with Crippen molar-refractivity contribution in [3.8, 4) is 33.4 Å². The van der Waals surface area contributed by atoms with Crippen molar-refractivity contribution in [2.75, 3.05) is 0 Å². The van der Waals surface area contributed by atoms with Crippen molar-refractivity contribution < 1.29 is 0 Å². The van der Waals surface area contributed by atoms with Gasteiger partial charge in [0.15, 0.2) is 0 Å². The number of rotatable bonds is 1. The molecule has 1 spiro atoms. The molecule has 0 N–H and O–H groups in total. The van der Waals surface area contributed by atoms with Gasteiger partial charge in [-0.25, -0.2) is 0 Å². The van der Waals surface area contributed by atoms with Gasteiger partial charge in [-0.2, -0.15) is 0 Å². The van der Waals surface area contributed by atoms with E-state index in [2.05, 4.69) is 121 Å². The second kappa shape index (κ2) is 7.18. The van der Waals surface area contributed by atoms with Gasteiger partial charge < -0.3 is 0 Å². The number of halogens is 1. The summed E-state index contributed by atoms with van der Waals surface area (Å²) < 4.78 is 0. The molecule has 5 aromatic rings. The molecule has 0 saturated heterocycles. The maximum atomic E-state index is 2.39. The van der Waals surface area contributed by atoms with E-state index in [0.717, 1.165) is 0 Å². The van der Waals surface area contributed by atoms with Crippen LogP contribution in [0, 0.1) is 0 Å². The highest BCUT2D eigenvalue weighted by atomic mass is 127. The Labute approximate surface area is 205 Å². The predicted octanol–water partition coefficient (Wildman–Crippen LogP) is 8.32. The fourth-order valence-electron chi connectivity index (χ4n) is 5.91. The van der Waals surface area contributed by atoms with E-state index in [0.29, 0.717) is 0 Å². The topological polar surface area (TPSA) is 0 Å². The first-order valence-electron chi connectivity index (χ1n) is 10.9. The summed E-state index contributed by atoms with van der Waals surface area (Å²) in [6, 6.07) is 44.6. The Bertz CT molecular complexity index is 1430. The number of hydrogen-bond donors (Lipinski definition) is 0. The van der Waals surface area contributed by atoms with Crippen LogP contribution in [0.15, 0.2) is 121 Å². The highest BCUT2D eigenvalue weighted by molar-refractivity contribution is 14.0. The molecule has 2 aliphatic rings. The Balaban J connectivity index is 0.00000196. The first-order chi connectivity index (χ1) is 15.4. The van der Waals surface area contributed by atoms with Gasteiger partial charge in [-0.15, -0.1) is 24.0 Å². The number of hydrogen-bond acceptors (Lipinski definition) is 0. The third-order valence-corrected chi connectivity index (χ3v) is 7.10.